The maximum Gasteiger partial charge on any atom is 0.300 e. The number of nitrogens with one attached hydrogen (secondary N) is 4. The van der Waals surface area contributed by atoms with E-state index in [1.807, 2.05) is 6.92 Å². The van der Waals surface area contributed by atoms with Crippen LogP contribution in [0.15, 0.2) is 0 Å². The van der Waals surface area contributed by atoms with E-state index in [0.717, 1.165) is 26.0 Å². The van der Waals surface area contributed by atoms with Crippen LogP contribution in [-0.2, 0) is 28.8 Å². The van der Waals surface area contributed by atoms with Crippen molar-refractivity contribution in [3.63, 3.8) is 0 Å². The van der Waals surface area contributed by atoms with Crippen molar-refractivity contribution in [2.75, 3.05) is 20.6 Å². The molecule has 0 saturated heterocycles. The van der Waals surface area contributed by atoms with E-state index in [4.69, 9.17) is 19.5 Å². The van der Waals surface area contributed by atoms with Crippen LogP contribution in [0.25, 0.3) is 0 Å². The SMILES string of the molecule is C.CC(=O)O.CC=O.CC=O.CCNNC(C)=O.CNC(C)=O.CNC(C)=O. The fourth-order valence-electron chi connectivity index (χ4n) is 0.213. The number of hydrazine groups is 1. The molecule has 0 bridgehead atoms. The quantitative estimate of drug-likeness (QED) is 0.318. The second-order valence-electron chi connectivity index (χ2n) is 3.81. The zero-order chi connectivity index (χ0) is 23.3. The Morgan fingerprint density at radius 3 is 1.00 bits per heavy atom. The Labute approximate surface area is 169 Å². The highest BCUT2D eigenvalue weighted by atomic mass is 16.4. The average Bonchev–Trinajstić information content (AvgIpc) is 2.55. The zero-order valence-corrected chi connectivity index (χ0v) is 17.8. The van der Waals surface area contributed by atoms with Crippen LogP contribution in [0.1, 0.15) is 55.9 Å². The first-order valence-corrected chi connectivity index (χ1v) is 7.73. The predicted octanol–water partition coefficient (Wildman–Crippen LogP) is 0.289. The first-order valence-electron chi connectivity index (χ1n) is 7.73. The van der Waals surface area contributed by atoms with Crippen LogP contribution >= 0.6 is 0 Å². The Balaban J connectivity index is -0.0000000386. The molecule has 0 aromatic rings. The molecule has 11 nitrogen and oxygen atoms in total. The maximum absolute atomic E-state index is 10.0. The molecule has 170 valence electrons. The lowest BCUT2D eigenvalue weighted by Crippen LogP contribution is -2.35. The third-order valence-corrected chi connectivity index (χ3v) is 1.15. The Morgan fingerprint density at radius 2 is 0.964 bits per heavy atom. The number of rotatable bonds is 2. The number of amides is 3. The van der Waals surface area contributed by atoms with Gasteiger partial charge in [0.25, 0.3) is 5.97 Å². The van der Waals surface area contributed by atoms with Gasteiger partial charge in [0.15, 0.2) is 0 Å². The lowest BCUT2D eigenvalue weighted by Gasteiger charge is -1.96. The third kappa shape index (κ3) is 425. The van der Waals surface area contributed by atoms with Crippen LogP contribution in [0, 0.1) is 0 Å². The lowest BCUT2D eigenvalue weighted by atomic mass is 10.7. The molecule has 0 atom stereocenters. The minimum atomic E-state index is -0.833. The number of hydrogen-bond donors (Lipinski definition) is 5. The van der Waals surface area contributed by atoms with E-state index < -0.39 is 5.97 Å². The summed E-state index contributed by atoms with van der Waals surface area (Å²) in [5.41, 5.74) is 5.05. The smallest absolute Gasteiger partial charge is 0.300 e. The van der Waals surface area contributed by atoms with Crippen LogP contribution in [0.3, 0.4) is 0 Å². The molecule has 0 aliphatic carbocycles. The zero-order valence-electron chi connectivity index (χ0n) is 17.8. The molecule has 0 aliphatic rings. The Morgan fingerprint density at radius 1 is 0.786 bits per heavy atom. The van der Waals surface area contributed by atoms with Crippen molar-refractivity contribution in [2.45, 2.75) is 55.9 Å². The summed E-state index contributed by atoms with van der Waals surface area (Å²) in [4.78, 5) is 56.0. The molecule has 0 unspecified atom stereocenters. The van der Waals surface area contributed by atoms with Crippen LogP contribution in [0.2, 0.25) is 0 Å². The van der Waals surface area contributed by atoms with E-state index in [9.17, 15) is 14.4 Å². The van der Waals surface area contributed by atoms with E-state index in [-0.39, 0.29) is 25.1 Å². The molecular weight excluding hydrogens is 372 g/mol. The number of carboxylic acids is 1. The van der Waals surface area contributed by atoms with Gasteiger partial charge in [0.1, 0.15) is 12.6 Å². The first-order chi connectivity index (χ1) is 12.4. The second kappa shape index (κ2) is 49.6. The van der Waals surface area contributed by atoms with Crippen LogP contribution in [0.5, 0.6) is 0 Å². The van der Waals surface area contributed by atoms with E-state index in [0.29, 0.717) is 0 Å². The van der Waals surface area contributed by atoms with Crippen LogP contribution < -0.4 is 21.5 Å². The summed E-state index contributed by atoms with van der Waals surface area (Å²) < 4.78 is 0. The highest BCUT2D eigenvalue weighted by molar-refractivity contribution is 5.72. The van der Waals surface area contributed by atoms with E-state index in [2.05, 4.69) is 21.5 Å². The molecule has 0 aromatic heterocycles. The van der Waals surface area contributed by atoms with E-state index in [1.54, 1.807) is 14.1 Å². The topological polar surface area (TPSA) is 171 Å². The Kier molecular flexibility index (Phi) is 78.9. The molecule has 3 amide bonds. The number of carbonyl (C=O) groups excluding carboxylic acids is 5. The molecule has 0 aromatic carbocycles. The van der Waals surface area contributed by atoms with Crippen molar-refractivity contribution in [2.24, 2.45) is 0 Å². The summed E-state index contributed by atoms with van der Waals surface area (Å²) in [7, 11) is 3.20. The molecule has 0 radical (unpaired) electrons. The molecule has 0 saturated carbocycles. The minimum Gasteiger partial charge on any atom is -0.481 e. The summed E-state index contributed by atoms with van der Waals surface area (Å²) >= 11 is 0. The van der Waals surface area contributed by atoms with Crippen molar-refractivity contribution in [3.8, 4) is 0 Å². The Hall–Kier alpha value is -2.82. The van der Waals surface area contributed by atoms with Gasteiger partial charge in [0.2, 0.25) is 17.7 Å². The standard InChI is InChI=1S/C4H10N2O.2C3H7NO.C2H4O2.2C2H4O.CH4/c1-3-5-6-4(2)7;2*1-3(5)4-2;1-2(3)4;2*1-2-3;/h5H,3H2,1-2H3,(H,6,7);2*1-2H3,(H,4,5);1H3,(H,3,4);2*2H,1H3;1H4. The Bertz CT molecular complexity index is 353. The van der Waals surface area contributed by atoms with Gasteiger partial charge in [0.05, 0.1) is 0 Å². The monoisotopic (exact) mass is 412 g/mol. The number of carbonyl (C=O) groups is 6. The van der Waals surface area contributed by atoms with Gasteiger partial charge in [-0.15, -0.1) is 0 Å². The van der Waals surface area contributed by atoms with E-state index in [1.165, 1.54) is 34.6 Å². The summed E-state index contributed by atoms with van der Waals surface area (Å²) in [5.74, 6) is -0.878. The van der Waals surface area contributed by atoms with Crippen molar-refractivity contribution in [3.05, 3.63) is 0 Å². The molecule has 11 heteroatoms. The average molecular weight is 413 g/mol. The molecule has 0 fully saturated rings. The van der Waals surface area contributed by atoms with Gasteiger partial charge in [-0.3, -0.25) is 24.6 Å². The van der Waals surface area contributed by atoms with Gasteiger partial charge in [-0.05, 0) is 13.8 Å². The van der Waals surface area contributed by atoms with Crippen LogP contribution in [0.4, 0.5) is 0 Å². The fourth-order valence-corrected chi connectivity index (χ4v) is 0.213. The van der Waals surface area contributed by atoms with Gasteiger partial charge >= 0.3 is 0 Å². The molecule has 28 heavy (non-hydrogen) atoms. The van der Waals surface area contributed by atoms with Crippen molar-refractivity contribution >= 4 is 36.3 Å². The van der Waals surface area contributed by atoms with Crippen molar-refractivity contribution in [1.29, 1.82) is 0 Å². The largest absolute Gasteiger partial charge is 0.481 e. The van der Waals surface area contributed by atoms with Crippen molar-refractivity contribution < 1.29 is 33.9 Å². The lowest BCUT2D eigenvalue weighted by molar-refractivity contribution is -0.134. The third-order valence-electron chi connectivity index (χ3n) is 1.15. The summed E-state index contributed by atoms with van der Waals surface area (Å²) in [6.45, 7) is 11.1. The summed E-state index contributed by atoms with van der Waals surface area (Å²) in [6, 6.07) is 0. The normalized spacial score (nSPS) is 6.32. The van der Waals surface area contributed by atoms with Gasteiger partial charge in [-0.25, -0.2) is 5.43 Å². The van der Waals surface area contributed by atoms with Crippen LogP contribution in [-0.4, -0.2) is 62.0 Å². The molecular formula is C17H40N4O7. The molecule has 0 heterocycles. The van der Waals surface area contributed by atoms with Gasteiger partial charge < -0.3 is 25.3 Å². The van der Waals surface area contributed by atoms with Gasteiger partial charge in [-0.1, -0.05) is 14.4 Å². The van der Waals surface area contributed by atoms with Gasteiger partial charge in [0, 0.05) is 48.3 Å². The number of aliphatic carboxylic acids is 1. The minimum absolute atomic E-state index is 0. The van der Waals surface area contributed by atoms with Crippen molar-refractivity contribution in [1.82, 2.24) is 21.5 Å². The maximum atomic E-state index is 10.0. The fraction of sp³-hybridized carbons (Fsp3) is 0.647. The van der Waals surface area contributed by atoms with E-state index >= 15 is 0 Å². The molecule has 0 spiro atoms. The first kappa shape index (κ1) is 44.5. The summed E-state index contributed by atoms with van der Waals surface area (Å²) in [5, 5.41) is 12.2. The number of aldehydes is 2. The molecule has 5 N–H and O–H groups in total. The molecule has 0 rings (SSSR count). The second-order valence-corrected chi connectivity index (χ2v) is 3.81. The predicted molar refractivity (Wildman–Crippen MR) is 110 cm³/mol. The number of carboxylic acid groups (broad SMARTS) is 1. The highest BCUT2D eigenvalue weighted by Crippen LogP contribution is 1.50. The number of hydrogen-bond acceptors (Lipinski definition) is 7. The van der Waals surface area contributed by atoms with Gasteiger partial charge in [-0.2, -0.15) is 0 Å². The highest BCUT2D eigenvalue weighted by Gasteiger charge is 1.81. The molecule has 0 aliphatic heterocycles. The summed E-state index contributed by atoms with van der Waals surface area (Å²) in [6.07, 6.45) is 1.50.